The van der Waals surface area contributed by atoms with Crippen molar-refractivity contribution in [2.75, 3.05) is 31.2 Å². The number of rotatable bonds is 6. The van der Waals surface area contributed by atoms with Crippen LogP contribution in [-0.2, 0) is 17.8 Å². The van der Waals surface area contributed by atoms with Crippen LogP contribution in [0.3, 0.4) is 0 Å². The summed E-state index contributed by atoms with van der Waals surface area (Å²) in [5.74, 6) is 0.497. The lowest BCUT2D eigenvalue weighted by molar-refractivity contribution is 0.0564. The summed E-state index contributed by atoms with van der Waals surface area (Å²) in [7, 11) is 0. The fraction of sp³-hybridized carbons (Fsp3) is 0.560. The van der Waals surface area contributed by atoms with Crippen LogP contribution in [0.25, 0.3) is 22.4 Å². The highest BCUT2D eigenvalue weighted by molar-refractivity contribution is 5.93. The Bertz CT molecular complexity index is 1200. The normalized spacial score (nSPS) is 21.7. The number of hydrogen-bond donors (Lipinski definition) is 3. The molecular weight excluding hydrogens is 453 g/mol. The maximum atomic E-state index is 15.1. The molecule has 5 rings (SSSR count). The lowest BCUT2D eigenvalue weighted by atomic mass is 9.96. The largest absolute Gasteiger partial charge is 0.390 e. The van der Waals surface area contributed by atoms with Crippen LogP contribution in [0.15, 0.2) is 16.7 Å². The Labute approximate surface area is 203 Å². The summed E-state index contributed by atoms with van der Waals surface area (Å²) in [5, 5.41) is 28.6. The van der Waals surface area contributed by atoms with Crippen LogP contribution >= 0.6 is 0 Å². The number of aliphatic hydroxyl groups is 2. The van der Waals surface area contributed by atoms with Gasteiger partial charge < -0.3 is 29.7 Å². The number of fused-ring (bicyclic) bond motifs is 1. The van der Waals surface area contributed by atoms with Gasteiger partial charge in [0.2, 0.25) is 0 Å². The number of pyridine rings is 1. The second-order valence-corrected chi connectivity index (χ2v) is 9.40. The van der Waals surface area contributed by atoms with E-state index in [9.17, 15) is 10.2 Å². The van der Waals surface area contributed by atoms with Crippen molar-refractivity contribution in [3.05, 3.63) is 34.9 Å². The van der Waals surface area contributed by atoms with E-state index in [2.05, 4.69) is 15.5 Å². The second kappa shape index (κ2) is 10.1. The molecule has 0 aliphatic carbocycles. The molecule has 0 saturated carbocycles. The summed E-state index contributed by atoms with van der Waals surface area (Å²) in [6.07, 6.45) is 2.65. The number of nitrogens with one attached hydrogen (secondary N) is 1. The lowest BCUT2D eigenvalue weighted by Crippen LogP contribution is -2.56. The Hall–Kier alpha value is -2.66. The number of hydrogen-bond acceptors (Lipinski definition) is 9. The monoisotopic (exact) mass is 485 g/mol. The number of ether oxygens (including phenoxy) is 1. The van der Waals surface area contributed by atoms with Crippen LogP contribution < -0.4 is 10.2 Å². The van der Waals surface area contributed by atoms with Crippen molar-refractivity contribution in [3.63, 3.8) is 0 Å². The molecule has 2 saturated heterocycles. The van der Waals surface area contributed by atoms with E-state index in [-0.39, 0.29) is 35.7 Å². The van der Waals surface area contributed by atoms with Crippen molar-refractivity contribution < 1.29 is 23.9 Å². The first-order valence-electron chi connectivity index (χ1n) is 12.3. The minimum atomic E-state index is -0.625. The van der Waals surface area contributed by atoms with Crippen molar-refractivity contribution in [3.8, 4) is 11.5 Å². The number of nitrogens with zero attached hydrogens (tertiary/aromatic N) is 4. The molecule has 2 atom stereocenters. The van der Waals surface area contributed by atoms with E-state index in [1.54, 1.807) is 0 Å². The molecule has 3 aromatic rings. The van der Waals surface area contributed by atoms with Gasteiger partial charge in [-0.2, -0.15) is 4.98 Å². The minimum absolute atomic E-state index is 0.0346. The molecule has 2 unspecified atom stereocenters. The molecule has 1 aromatic carbocycles. The van der Waals surface area contributed by atoms with Gasteiger partial charge in [-0.25, -0.2) is 9.37 Å². The Balaban J connectivity index is 1.52. The quantitative estimate of drug-likeness (QED) is 0.484. The predicted molar refractivity (Wildman–Crippen MR) is 129 cm³/mol. The fourth-order valence-electron chi connectivity index (χ4n) is 5.11. The molecule has 0 radical (unpaired) electrons. The van der Waals surface area contributed by atoms with Crippen molar-refractivity contribution in [1.29, 1.82) is 0 Å². The van der Waals surface area contributed by atoms with E-state index >= 15 is 4.39 Å². The van der Waals surface area contributed by atoms with E-state index < -0.39 is 6.10 Å². The average Bonchev–Trinajstić information content (AvgIpc) is 3.35. The number of halogens is 1. The Morgan fingerprint density at radius 3 is 2.69 bits per heavy atom. The van der Waals surface area contributed by atoms with Gasteiger partial charge in [-0.3, -0.25) is 0 Å². The van der Waals surface area contributed by atoms with Crippen LogP contribution in [0.4, 0.5) is 10.2 Å². The van der Waals surface area contributed by atoms with E-state index in [0.717, 1.165) is 37.2 Å². The van der Waals surface area contributed by atoms with E-state index in [0.29, 0.717) is 48.7 Å². The highest BCUT2D eigenvalue weighted by Gasteiger charge is 2.33. The van der Waals surface area contributed by atoms with E-state index in [1.165, 1.54) is 6.07 Å². The number of anilines is 1. The number of benzene rings is 1. The highest BCUT2D eigenvalue weighted by atomic mass is 19.1. The van der Waals surface area contributed by atoms with Crippen molar-refractivity contribution in [2.24, 2.45) is 0 Å². The Morgan fingerprint density at radius 1 is 1.20 bits per heavy atom. The summed E-state index contributed by atoms with van der Waals surface area (Å²) in [4.78, 5) is 11.0. The minimum Gasteiger partial charge on any atom is -0.390 e. The molecule has 188 valence electrons. The SMILES string of the molecule is CCc1cc(F)c2nc(N3CCC(NC4CCOCC4)C(O)C3)c(-c3nc(CO)no3)c(C)c2c1. The van der Waals surface area contributed by atoms with Crippen molar-refractivity contribution in [2.45, 2.75) is 64.3 Å². The fourth-order valence-corrected chi connectivity index (χ4v) is 5.11. The predicted octanol–water partition coefficient (Wildman–Crippen LogP) is 2.50. The van der Waals surface area contributed by atoms with Crippen molar-refractivity contribution in [1.82, 2.24) is 20.4 Å². The molecule has 10 heteroatoms. The van der Waals surface area contributed by atoms with Crippen LogP contribution in [0.1, 0.15) is 43.1 Å². The van der Waals surface area contributed by atoms with Gasteiger partial charge in [-0.1, -0.05) is 12.1 Å². The first kappa shape index (κ1) is 24.1. The maximum Gasteiger partial charge on any atom is 0.262 e. The molecule has 35 heavy (non-hydrogen) atoms. The number of aryl methyl sites for hydroxylation is 2. The van der Waals surface area contributed by atoms with Crippen LogP contribution in [-0.4, -0.2) is 69.8 Å². The third kappa shape index (κ3) is 4.75. The van der Waals surface area contributed by atoms with Crippen LogP contribution in [0.5, 0.6) is 0 Å². The van der Waals surface area contributed by atoms with Crippen molar-refractivity contribution >= 4 is 16.7 Å². The van der Waals surface area contributed by atoms with Crippen LogP contribution in [0.2, 0.25) is 0 Å². The Kier molecular flexibility index (Phi) is 6.97. The zero-order valence-electron chi connectivity index (χ0n) is 20.1. The summed E-state index contributed by atoms with van der Waals surface area (Å²) >= 11 is 0. The summed E-state index contributed by atoms with van der Waals surface area (Å²) in [6.45, 7) is 5.95. The van der Waals surface area contributed by atoms with Gasteiger partial charge in [-0.05, 0) is 55.9 Å². The molecule has 0 amide bonds. The van der Waals surface area contributed by atoms with Gasteiger partial charge in [-0.15, -0.1) is 0 Å². The van der Waals surface area contributed by atoms with Gasteiger partial charge in [0.1, 0.15) is 23.8 Å². The average molecular weight is 486 g/mol. The molecule has 0 spiro atoms. The number of aliphatic hydroxyl groups excluding tert-OH is 2. The molecule has 2 fully saturated rings. The van der Waals surface area contributed by atoms with Gasteiger partial charge in [0.15, 0.2) is 5.82 Å². The third-order valence-electron chi connectivity index (χ3n) is 7.13. The molecule has 2 aliphatic heterocycles. The van der Waals surface area contributed by atoms with E-state index in [4.69, 9.17) is 14.2 Å². The van der Waals surface area contributed by atoms with Gasteiger partial charge in [0.05, 0.1) is 11.7 Å². The summed E-state index contributed by atoms with van der Waals surface area (Å²) in [6, 6.07) is 3.76. The molecular formula is C25H32FN5O4. The first-order valence-corrected chi connectivity index (χ1v) is 12.3. The molecule has 4 heterocycles. The number of piperidine rings is 1. The molecule has 2 aliphatic rings. The summed E-state index contributed by atoms with van der Waals surface area (Å²) in [5.41, 5.74) is 2.51. The number of β-amino-alcohol motifs (C(OH)–C–C–N with tert-alkyl or cyclic N) is 1. The standard InChI is InChI=1S/C25H32FN5O4/c1-3-15-10-17-14(2)22(25-28-21(13-32)30-35-25)24(29-23(17)18(26)11-15)31-7-4-19(20(33)12-31)27-16-5-8-34-9-6-16/h10-11,16,19-20,27,32-33H,3-9,12-13H2,1-2H3. The maximum absolute atomic E-state index is 15.1. The van der Waals surface area contributed by atoms with Gasteiger partial charge >= 0.3 is 0 Å². The molecule has 9 nitrogen and oxygen atoms in total. The third-order valence-corrected chi connectivity index (χ3v) is 7.13. The highest BCUT2D eigenvalue weighted by Crippen LogP contribution is 2.38. The lowest BCUT2D eigenvalue weighted by Gasteiger charge is -2.40. The molecule has 0 bridgehead atoms. The van der Waals surface area contributed by atoms with E-state index in [1.807, 2.05) is 24.8 Å². The smallest absolute Gasteiger partial charge is 0.262 e. The summed E-state index contributed by atoms with van der Waals surface area (Å²) < 4.78 is 26.0. The zero-order chi connectivity index (χ0) is 24.5. The number of aromatic nitrogens is 3. The topological polar surface area (TPSA) is 117 Å². The Morgan fingerprint density at radius 2 is 2.00 bits per heavy atom. The molecule has 2 aromatic heterocycles. The van der Waals surface area contributed by atoms with Gasteiger partial charge in [0.25, 0.3) is 5.89 Å². The van der Waals surface area contributed by atoms with Crippen LogP contribution in [0, 0.1) is 12.7 Å². The van der Waals surface area contributed by atoms with Gasteiger partial charge in [0, 0.05) is 43.8 Å². The second-order valence-electron chi connectivity index (χ2n) is 9.40. The first-order chi connectivity index (χ1) is 17.0. The zero-order valence-corrected chi connectivity index (χ0v) is 20.1. The molecule has 3 N–H and O–H groups in total.